The van der Waals surface area contributed by atoms with Gasteiger partial charge in [-0.1, -0.05) is 74.0 Å². The molecule has 0 saturated carbocycles. The van der Waals surface area contributed by atoms with Crippen LogP contribution in [0, 0.1) is 5.41 Å². The van der Waals surface area contributed by atoms with Crippen molar-refractivity contribution in [2.75, 3.05) is 0 Å². The second kappa shape index (κ2) is 9.56. The number of benzene rings is 2. The molecule has 0 aromatic heterocycles. The minimum absolute atomic E-state index is 0.0103. The van der Waals surface area contributed by atoms with E-state index in [1.165, 1.54) is 24.0 Å². The van der Waals surface area contributed by atoms with Crippen molar-refractivity contribution in [1.29, 1.82) is 0 Å². The summed E-state index contributed by atoms with van der Waals surface area (Å²) in [6, 6.07) is 17.9. The van der Waals surface area contributed by atoms with Gasteiger partial charge in [-0.05, 0) is 72.6 Å². The Balaban J connectivity index is 1.56. The lowest BCUT2D eigenvalue weighted by atomic mass is 9.72. The minimum atomic E-state index is 0.0103. The van der Waals surface area contributed by atoms with Crippen LogP contribution in [0.3, 0.4) is 0 Å². The van der Waals surface area contributed by atoms with E-state index >= 15 is 0 Å². The van der Waals surface area contributed by atoms with Crippen molar-refractivity contribution in [2.24, 2.45) is 5.41 Å². The molecule has 0 fully saturated rings. The SMILES string of the molecule is CC1=C(/C=C/C(=O)/C=C/c2ccc(OCc3ccccc3)cc2)C(C)(C)CCC1. The fourth-order valence-corrected chi connectivity index (χ4v) is 3.83. The minimum Gasteiger partial charge on any atom is -0.489 e. The fraction of sp³-hybridized carbons (Fsp3) is 0.296. The summed E-state index contributed by atoms with van der Waals surface area (Å²) in [6.45, 7) is 7.25. The van der Waals surface area contributed by atoms with Gasteiger partial charge in [-0.25, -0.2) is 0 Å². The molecule has 0 spiro atoms. The van der Waals surface area contributed by atoms with Crippen molar-refractivity contribution in [3.05, 3.63) is 95.1 Å². The number of carbonyl (C=O) groups excluding carboxylic acids is 1. The molecule has 0 heterocycles. The topological polar surface area (TPSA) is 26.3 Å². The molecular formula is C27H30O2. The monoisotopic (exact) mass is 386 g/mol. The summed E-state index contributed by atoms with van der Waals surface area (Å²) in [5, 5.41) is 0. The smallest absolute Gasteiger partial charge is 0.178 e. The summed E-state index contributed by atoms with van der Waals surface area (Å²) in [7, 11) is 0. The Labute approximate surface area is 174 Å². The Morgan fingerprint density at radius 3 is 2.38 bits per heavy atom. The van der Waals surface area contributed by atoms with Crippen LogP contribution in [-0.2, 0) is 11.4 Å². The van der Waals surface area contributed by atoms with E-state index in [0.29, 0.717) is 6.61 Å². The molecule has 150 valence electrons. The van der Waals surface area contributed by atoms with Crippen LogP contribution in [0.1, 0.15) is 51.2 Å². The number of allylic oxidation sites excluding steroid dienone is 5. The molecule has 1 aliphatic carbocycles. The van der Waals surface area contributed by atoms with E-state index in [9.17, 15) is 4.79 Å². The molecule has 0 saturated heterocycles. The predicted molar refractivity (Wildman–Crippen MR) is 121 cm³/mol. The van der Waals surface area contributed by atoms with Gasteiger partial charge < -0.3 is 4.74 Å². The average molecular weight is 387 g/mol. The number of rotatable bonds is 7. The molecule has 1 aliphatic rings. The third-order valence-electron chi connectivity index (χ3n) is 5.53. The van der Waals surface area contributed by atoms with Gasteiger partial charge in [-0.15, -0.1) is 0 Å². The summed E-state index contributed by atoms with van der Waals surface area (Å²) >= 11 is 0. The average Bonchev–Trinajstić information content (AvgIpc) is 2.71. The first-order valence-corrected chi connectivity index (χ1v) is 10.3. The molecule has 0 aliphatic heterocycles. The molecule has 2 aromatic rings. The number of ketones is 1. The number of ether oxygens (including phenoxy) is 1. The maximum atomic E-state index is 12.3. The van der Waals surface area contributed by atoms with Gasteiger partial charge in [0.15, 0.2) is 5.78 Å². The number of hydrogen-bond acceptors (Lipinski definition) is 2. The van der Waals surface area contributed by atoms with Gasteiger partial charge in [0.05, 0.1) is 0 Å². The van der Waals surface area contributed by atoms with Crippen molar-refractivity contribution >= 4 is 11.9 Å². The van der Waals surface area contributed by atoms with E-state index in [4.69, 9.17) is 4.74 Å². The van der Waals surface area contributed by atoms with Crippen LogP contribution in [0.15, 0.2) is 84.0 Å². The first kappa shape index (κ1) is 20.9. The molecular weight excluding hydrogens is 356 g/mol. The van der Waals surface area contributed by atoms with Crippen molar-refractivity contribution in [2.45, 2.75) is 46.6 Å². The van der Waals surface area contributed by atoms with Crippen molar-refractivity contribution < 1.29 is 9.53 Å². The third kappa shape index (κ3) is 6.05. The molecule has 0 amide bonds. The zero-order valence-electron chi connectivity index (χ0n) is 17.7. The van der Waals surface area contributed by atoms with Gasteiger partial charge in [0.25, 0.3) is 0 Å². The summed E-state index contributed by atoms with van der Waals surface area (Å²) in [4.78, 5) is 12.3. The van der Waals surface area contributed by atoms with Crippen molar-refractivity contribution in [1.82, 2.24) is 0 Å². The van der Waals surface area contributed by atoms with Crippen LogP contribution >= 0.6 is 0 Å². The van der Waals surface area contributed by atoms with Crippen LogP contribution in [0.4, 0.5) is 0 Å². The highest BCUT2D eigenvalue weighted by Crippen LogP contribution is 2.40. The highest BCUT2D eigenvalue weighted by Gasteiger charge is 2.26. The number of carbonyl (C=O) groups is 1. The summed E-state index contributed by atoms with van der Waals surface area (Å²) in [6.07, 6.45) is 10.7. The van der Waals surface area contributed by atoms with Gasteiger partial charge in [-0.3, -0.25) is 4.79 Å². The zero-order valence-corrected chi connectivity index (χ0v) is 17.7. The molecule has 3 rings (SSSR count). The van der Waals surface area contributed by atoms with Crippen LogP contribution in [-0.4, -0.2) is 5.78 Å². The number of hydrogen-bond donors (Lipinski definition) is 0. The first-order valence-electron chi connectivity index (χ1n) is 10.3. The van der Waals surface area contributed by atoms with Gasteiger partial charge in [0.1, 0.15) is 12.4 Å². The van der Waals surface area contributed by atoms with Gasteiger partial charge in [0, 0.05) is 0 Å². The predicted octanol–water partition coefficient (Wildman–Crippen LogP) is 6.93. The van der Waals surface area contributed by atoms with Crippen LogP contribution in [0.5, 0.6) is 5.75 Å². The van der Waals surface area contributed by atoms with E-state index < -0.39 is 0 Å². The van der Waals surface area contributed by atoms with E-state index in [0.717, 1.165) is 23.3 Å². The van der Waals surface area contributed by atoms with Gasteiger partial charge >= 0.3 is 0 Å². The molecule has 0 unspecified atom stereocenters. The summed E-state index contributed by atoms with van der Waals surface area (Å²) in [5.74, 6) is 0.829. The third-order valence-corrected chi connectivity index (χ3v) is 5.53. The molecule has 2 nitrogen and oxygen atoms in total. The molecule has 0 N–H and O–H groups in total. The molecule has 0 bridgehead atoms. The molecule has 29 heavy (non-hydrogen) atoms. The lowest BCUT2D eigenvalue weighted by Gasteiger charge is -2.32. The fourth-order valence-electron chi connectivity index (χ4n) is 3.83. The van der Waals surface area contributed by atoms with Crippen LogP contribution in [0.25, 0.3) is 6.08 Å². The second-order valence-electron chi connectivity index (χ2n) is 8.34. The van der Waals surface area contributed by atoms with E-state index in [1.807, 2.05) is 66.7 Å². The molecule has 0 atom stereocenters. The lowest BCUT2D eigenvalue weighted by molar-refractivity contribution is -0.110. The Bertz CT molecular complexity index is 913. The van der Waals surface area contributed by atoms with E-state index in [1.54, 1.807) is 12.2 Å². The summed E-state index contributed by atoms with van der Waals surface area (Å²) < 4.78 is 5.80. The maximum absolute atomic E-state index is 12.3. The normalized spacial score (nSPS) is 16.5. The Hall–Kier alpha value is -2.87. The Morgan fingerprint density at radius 1 is 1.00 bits per heavy atom. The highest BCUT2D eigenvalue weighted by atomic mass is 16.5. The maximum Gasteiger partial charge on any atom is 0.178 e. The Kier molecular flexibility index (Phi) is 6.87. The van der Waals surface area contributed by atoms with Gasteiger partial charge in [-0.2, -0.15) is 0 Å². The van der Waals surface area contributed by atoms with E-state index in [2.05, 4.69) is 20.8 Å². The first-order chi connectivity index (χ1) is 13.9. The van der Waals surface area contributed by atoms with Crippen molar-refractivity contribution in [3.8, 4) is 5.75 Å². The Morgan fingerprint density at radius 2 is 1.69 bits per heavy atom. The quantitative estimate of drug-likeness (QED) is 0.482. The molecule has 2 heteroatoms. The molecule has 2 aromatic carbocycles. The zero-order chi connectivity index (χ0) is 20.7. The van der Waals surface area contributed by atoms with E-state index in [-0.39, 0.29) is 11.2 Å². The largest absolute Gasteiger partial charge is 0.489 e. The van der Waals surface area contributed by atoms with Gasteiger partial charge in [0.2, 0.25) is 0 Å². The second-order valence-corrected chi connectivity index (χ2v) is 8.34. The van der Waals surface area contributed by atoms with Crippen LogP contribution < -0.4 is 4.74 Å². The standard InChI is InChI=1S/C27H30O2/c1-21-8-7-19-27(2,3)26(21)18-15-24(28)14-11-22-12-16-25(17-13-22)29-20-23-9-5-4-6-10-23/h4-6,9-18H,7-8,19-20H2,1-3H3/b14-11+,18-15+. The summed E-state index contributed by atoms with van der Waals surface area (Å²) in [5.41, 5.74) is 4.98. The van der Waals surface area contributed by atoms with Crippen molar-refractivity contribution in [3.63, 3.8) is 0 Å². The molecule has 0 radical (unpaired) electrons. The highest BCUT2D eigenvalue weighted by molar-refractivity contribution is 6.02. The van der Waals surface area contributed by atoms with Crippen LogP contribution in [0.2, 0.25) is 0 Å². The lowest BCUT2D eigenvalue weighted by Crippen LogP contribution is -2.19.